The van der Waals surface area contributed by atoms with E-state index < -0.39 is 0 Å². The Morgan fingerprint density at radius 3 is 2.11 bits per heavy atom. The Bertz CT molecular complexity index is 542. The van der Waals surface area contributed by atoms with Crippen molar-refractivity contribution in [2.45, 2.75) is 26.7 Å². The molecule has 0 aliphatic carbocycles. The second-order valence-corrected chi connectivity index (χ2v) is 4.41. The Balaban J connectivity index is 2.52. The number of benzene rings is 2. The molecule has 0 atom stereocenters. The maximum absolute atomic E-state index is 10.2. The van der Waals surface area contributed by atoms with Crippen LogP contribution < -0.4 is 0 Å². The van der Waals surface area contributed by atoms with E-state index in [-0.39, 0.29) is 11.5 Å². The van der Waals surface area contributed by atoms with Crippen LogP contribution in [0.4, 0.5) is 0 Å². The van der Waals surface area contributed by atoms with E-state index in [1.54, 1.807) is 12.1 Å². The summed E-state index contributed by atoms with van der Waals surface area (Å²) in [6.07, 6.45) is 1.69. The molecule has 0 radical (unpaired) electrons. The normalized spacial score (nSPS) is 10.6. The molecule has 0 aromatic heterocycles. The van der Waals surface area contributed by atoms with Crippen LogP contribution in [0.25, 0.3) is 11.1 Å². The van der Waals surface area contributed by atoms with Crippen molar-refractivity contribution in [1.82, 2.24) is 0 Å². The highest BCUT2D eigenvalue weighted by molar-refractivity contribution is 5.73. The zero-order chi connectivity index (χ0) is 13.1. The van der Waals surface area contributed by atoms with Crippen LogP contribution in [0.2, 0.25) is 0 Å². The lowest BCUT2D eigenvalue weighted by Gasteiger charge is -2.10. The maximum atomic E-state index is 10.2. The number of phenols is 2. The summed E-state index contributed by atoms with van der Waals surface area (Å²) in [5.74, 6) is 0.457. The van der Waals surface area contributed by atoms with Gasteiger partial charge >= 0.3 is 0 Å². The molecule has 2 aromatic rings. The molecule has 0 bridgehead atoms. The van der Waals surface area contributed by atoms with Gasteiger partial charge in [0.25, 0.3) is 0 Å². The summed E-state index contributed by atoms with van der Waals surface area (Å²) in [5.41, 5.74) is 3.64. The summed E-state index contributed by atoms with van der Waals surface area (Å²) in [7, 11) is 0. The quantitative estimate of drug-likeness (QED) is 0.802. The van der Waals surface area contributed by atoms with Crippen LogP contribution in [0, 0.1) is 0 Å². The number of rotatable bonds is 3. The molecule has 0 fully saturated rings. The number of aromatic hydroxyl groups is 2. The molecule has 2 aromatic carbocycles. The second-order valence-electron chi connectivity index (χ2n) is 4.41. The highest BCUT2D eigenvalue weighted by Gasteiger charge is 2.10. The van der Waals surface area contributed by atoms with E-state index in [1.807, 2.05) is 31.2 Å². The van der Waals surface area contributed by atoms with Gasteiger partial charge in [-0.1, -0.05) is 38.1 Å². The molecule has 2 N–H and O–H groups in total. The fourth-order valence-electron chi connectivity index (χ4n) is 2.09. The monoisotopic (exact) mass is 242 g/mol. The predicted octanol–water partition coefficient (Wildman–Crippen LogP) is 3.89. The van der Waals surface area contributed by atoms with Gasteiger partial charge in [-0.05, 0) is 41.7 Å². The highest BCUT2D eigenvalue weighted by atomic mass is 16.3. The predicted molar refractivity (Wildman–Crippen MR) is 74.0 cm³/mol. The Kier molecular flexibility index (Phi) is 3.56. The molecule has 2 rings (SSSR count). The molecule has 18 heavy (non-hydrogen) atoms. The van der Waals surface area contributed by atoms with Gasteiger partial charge in [0.05, 0.1) is 0 Å². The molecular weight excluding hydrogens is 224 g/mol. The number of hydrogen-bond acceptors (Lipinski definition) is 2. The molecule has 0 spiro atoms. The average Bonchev–Trinajstić information content (AvgIpc) is 2.41. The van der Waals surface area contributed by atoms with E-state index in [2.05, 4.69) is 6.92 Å². The van der Waals surface area contributed by atoms with Gasteiger partial charge in [-0.3, -0.25) is 0 Å². The first-order valence-electron chi connectivity index (χ1n) is 6.29. The van der Waals surface area contributed by atoms with Crippen LogP contribution in [0.3, 0.4) is 0 Å². The SMILES string of the molecule is CCc1ccc(-c2cc(O)cc(CC)c2O)cc1. The summed E-state index contributed by atoms with van der Waals surface area (Å²) in [6.45, 7) is 4.06. The van der Waals surface area contributed by atoms with Gasteiger partial charge in [0.15, 0.2) is 0 Å². The lowest BCUT2D eigenvalue weighted by Crippen LogP contribution is -1.87. The molecule has 0 aliphatic rings. The van der Waals surface area contributed by atoms with Crippen molar-refractivity contribution in [2.24, 2.45) is 0 Å². The maximum Gasteiger partial charge on any atom is 0.126 e. The highest BCUT2D eigenvalue weighted by Crippen LogP contribution is 2.36. The Hall–Kier alpha value is -1.96. The van der Waals surface area contributed by atoms with Crippen LogP contribution in [0.1, 0.15) is 25.0 Å². The zero-order valence-corrected chi connectivity index (χ0v) is 10.8. The van der Waals surface area contributed by atoms with Crippen LogP contribution in [-0.4, -0.2) is 10.2 Å². The van der Waals surface area contributed by atoms with Gasteiger partial charge in [-0.2, -0.15) is 0 Å². The third-order valence-electron chi connectivity index (χ3n) is 3.23. The fraction of sp³-hybridized carbons (Fsp3) is 0.250. The van der Waals surface area contributed by atoms with Crippen molar-refractivity contribution in [3.63, 3.8) is 0 Å². The molecule has 0 saturated heterocycles. The number of aryl methyl sites for hydroxylation is 2. The molecule has 2 nitrogen and oxygen atoms in total. The number of phenolic OH excluding ortho intramolecular Hbond substituents is 2. The van der Waals surface area contributed by atoms with Crippen molar-refractivity contribution < 1.29 is 10.2 Å². The van der Waals surface area contributed by atoms with Crippen LogP contribution in [0.5, 0.6) is 11.5 Å². The van der Waals surface area contributed by atoms with Crippen molar-refractivity contribution in [2.75, 3.05) is 0 Å². The Morgan fingerprint density at radius 1 is 0.889 bits per heavy atom. The molecule has 0 saturated carbocycles. The van der Waals surface area contributed by atoms with E-state index in [0.717, 1.165) is 17.5 Å². The minimum absolute atomic E-state index is 0.194. The smallest absolute Gasteiger partial charge is 0.126 e. The van der Waals surface area contributed by atoms with Gasteiger partial charge in [0, 0.05) is 5.56 Å². The third-order valence-corrected chi connectivity index (χ3v) is 3.23. The third kappa shape index (κ3) is 2.33. The van der Waals surface area contributed by atoms with Crippen molar-refractivity contribution >= 4 is 0 Å². The van der Waals surface area contributed by atoms with E-state index in [0.29, 0.717) is 12.0 Å². The molecule has 0 amide bonds. The van der Waals surface area contributed by atoms with E-state index >= 15 is 0 Å². The average molecular weight is 242 g/mol. The van der Waals surface area contributed by atoms with Crippen molar-refractivity contribution in [1.29, 1.82) is 0 Å². The minimum Gasteiger partial charge on any atom is -0.508 e. The number of hydrogen-bond donors (Lipinski definition) is 2. The molecule has 0 heterocycles. The topological polar surface area (TPSA) is 40.5 Å². The van der Waals surface area contributed by atoms with Crippen molar-refractivity contribution in [3.05, 3.63) is 47.5 Å². The molecule has 0 aliphatic heterocycles. The first-order chi connectivity index (χ1) is 8.65. The van der Waals surface area contributed by atoms with E-state index in [4.69, 9.17) is 0 Å². The van der Waals surface area contributed by atoms with Crippen molar-refractivity contribution in [3.8, 4) is 22.6 Å². The van der Waals surface area contributed by atoms with Crippen LogP contribution >= 0.6 is 0 Å². The van der Waals surface area contributed by atoms with E-state index in [1.165, 1.54) is 5.56 Å². The molecule has 2 heteroatoms. The lowest BCUT2D eigenvalue weighted by atomic mass is 9.98. The summed E-state index contributed by atoms with van der Waals surface area (Å²) >= 11 is 0. The van der Waals surface area contributed by atoms with Crippen LogP contribution in [0.15, 0.2) is 36.4 Å². The Morgan fingerprint density at radius 2 is 1.56 bits per heavy atom. The van der Waals surface area contributed by atoms with Gasteiger partial charge < -0.3 is 10.2 Å². The minimum atomic E-state index is 0.194. The summed E-state index contributed by atoms with van der Waals surface area (Å²) in [5, 5.41) is 19.9. The standard InChI is InChI=1S/C16H18O2/c1-3-11-5-7-13(8-6-11)15-10-14(17)9-12(4-2)16(15)18/h5-10,17-18H,3-4H2,1-2H3. The fourth-order valence-corrected chi connectivity index (χ4v) is 2.09. The van der Waals surface area contributed by atoms with Crippen LogP contribution in [-0.2, 0) is 12.8 Å². The van der Waals surface area contributed by atoms with Gasteiger partial charge in [-0.25, -0.2) is 0 Å². The molecular formula is C16H18O2. The molecule has 0 unspecified atom stereocenters. The van der Waals surface area contributed by atoms with E-state index in [9.17, 15) is 10.2 Å². The second kappa shape index (κ2) is 5.13. The molecule has 94 valence electrons. The first kappa shape index (κ1) is 12.5. The largest absolute Gasteiger partial charge is 0.508 e. The lowest BCUT2D eigenvalue weighted by molar-refractivity contribution is 0.456. The van der Waals surface area contributed by atoms with Gasteiger partial charge in [0.2, 0.25) is 0 Å². The Labute approximate surface area is 108 Å². The van der Waals surface area contributed by atoms with Gasteiger partial charge in [0.1, 0.15) is 11.5 Å². The summed E-state index contributed by atoms with van der Waals surface area (Å²) in [6, 6.07) is 11.3. The van der Waals surface area contributed by atoms with Gasteiger partial charge in [-0.15, -0.1) is 0 Å². The summed E-state index contributed by atoms with van der Waals surface area (Å²) < 4.78 is 0. The summed E-state index contributed by atoms with van der Waals surface area (Å²) in [4.78, 5) is 0. The first-order valence-corrected chi connectivity index (χ1v) is 6.29. The zero-order valence-electron chi connectivity index (χ0n) is 10.8.